The van der Waals surface area contributed by atoms with Crippen LogP contribution in [0.3, 0.4) is 0 Å². The van der Waals surface area contributed by atoms with Crippen LogP contribution >= 0.6 is 23.4 Å². The summed E-state index contributed by atoms with van der Waals surface area (Å²) in [4.78, 5) is 23.8. The lowest BCUT2D eigenvalue weighted by molar-refractivity contribution is -0.122. The average Bonchev–Trinajstić information content (AvgIpc) is 2.55. The van der Waals surface area contributed by atoms with Crippen LogP contribution in [0.1, 0.15) is 18.4 Å². The Morgan fingerprint density at radius 1 is 1.42 bits per heavy atom. The molecule has 0 bridgehead atoms. The van der Waals surface area contributed by atoms with Crippen molar-refractivity contribution in [2.75, 3.05) is 31.0 Å². The standard InChI is InChI=1S/C16H24ClN3O3S/c1-10-8-13(14(23-2)9-11(10)17)20-15(21)4-6-19-16(22)12(18)5-7-24-3/h8-9,12H,4-7,18H2,1-3H3,(H,19,22)(H,20,21)/t12-/m0/s1. The Kier molecular flexibility index (Phi) is 8.95. The van der Waals surface area contributed by atoms with Gasteiger partial charge in [-0.25, -0.2) is 0 Å². The van der Waals surface area contributed by atoms with Crippen molar-refractivity contribution in [3.63, 3.8) is 0 Å². The Bertz CT molecular complexity index is 584. The number of thioether (sulfide) groups is 1. The molecule has 0 unspecified atom stereocenters. The number of carbonyl (C=O) groups is 2. The molecule has 0 aliphatic carbocycles. The van der Waals surface area contributed by atoms with Crippen LogP contribution in [-0.2, 0) is 9.59 Å². The van der Waals surface area contributed by atoms with Crippen LogP contribution in [-0.4, -0.2) is 43.5 Å². The van der Waals surface area contributed by atoms with Gasteiger partial charge in [-0.3, -0.25) is 9.59 Å². The van der Waals surface area contributed by atoms with E-state index in [2.05, 4.69) is 10.6 Å². The number of hydrogen-bond acceptors (Lipinski definition) is 5. The summed E-state index contributed by atoms with van der Waals surface area (Å²) in [5.41, 5.74) is 7.14. The maximum atomic E-state index is 12.0. The van der Waals surface area contributed by atoms with Gasteiger partial charge in [-0.1, -0.05) is 11.6 Å². The molecule has 0 heterocycles. The summed E-state index contributed by atoms with van der Waals surface area (Å²) in [5.74, 6) is 0.844. The number of nitrogens with two attached hydrogens (primary N) is 1. The summed E-state index contributed by atoms with van der Waals surface area (Å²) in [6.07, 6.45) is 2.72. The first-order chi connectivity index (χ1) is 11.4. The highest BCUT2D eigenvalue weighted by atomic mass is 35.5. The molecule has 2 amide bonds. The normalized spacial score (nSPS) is 11.7. The van der Waals surface area contributed by atoms with Gasteiger partial charge in [0.15, 0.2) is 0 Å². The van der Waals surface area contributed by atoms with Crippen molar-refractivity contribution >= 4 is 40.9 Å². The fourth-order valence-electron chi connectivity index (χ4n) is 1.95. The quantitative estimate of drug-likeness (QED) is 0.616. The van der Waals surface area contributed by atoms with Crippen molar-refractivity contribution < 1.29 is 14.3 Å². The summed E-state index contributed by atoms with van der Waals surface area (Å²) >= 11 is 7.67. The van der Waals surface area contributed by atoms with Crippen LogP contribution in [0.15, 0.2) is 12.1 Å². The molecule has 0 spiro atoms. The lowest BCUT2D eigenvalue weighted by Crippen LogP contribution is -2.41. The summed E-state index contributed by atoms with van der Waals surface area (Å²) < 4.78 is 5.21. The van der Waals surface area contributed by atoms with Crippen molar-refractivity contribution in [3.8, 4) is 5.75 Å². The van der Waals surface area contributed by atoms with Crippen LogP contribution < -0.4 is 21.1 Å². The van der Waals surface area contributed by atoms with E-state index in [1.54, 1.807) is 23.9 Å². The minimum Gasteiger partial charge on any atom is -0.495 e. The minimum atomic E-state index is -0.542. The SMILES string of the molecule is COc1cc(Cl)c(C)cc1NC(=O)CCNC(=O)[C@@H](N)CCSC. The third-order valence-corrected chi connectivity index (χ3v) is 4.43. The number of carbonyl (C=O) groups excluding carboxylic acids is 2. The largest absolute Gasteiger partial charge is 0.495 e. The molecule has 1 rings (SSSR count). The van der Waals surface area contributed by atoms with Gasteiger partial charge in [0, 0.05) is 24.1 Å². The summed E-state index contributed by atoms with van der Waals surface area (Å²) in [6.45, 7) is 2.07. The van der Waals surface area contributed by atoms with E-state index in [0.29, 0.717) is 22.9 Å². The molecule has 0 aliphatic heterocycles. The molecular weight excluding hydrogens is 350 g/mol. The Hall–Kier alpha value is -1.44. The lowest BCUT2D eigenvalue weighted by atomic mass is 10.2. The molecule has 0 aliphatic rings. The molecule has 1 atom stereocenters. The lowest BCUT2D eigenvalue weighted by Gasteiger charge is -2.13. The second kappa shape index (κ2) is 10.4. The summed E-state index contributed by atoms with van der Waals surface area (Å²) in [6, 6.07) is 2.86. The maximum absolute atomic E-state index is 12.0. The van der Waals surface area contributed by atoms with E-state index in [9.17, 15) is 9.59 Å². The number of amides is 2. The van der Waals surface area contributed by atoms with Gasteiger partial charge in [0.05, 0.1) is 18.8 Å². The van der Waals surface area contributed by atoms with E-state index in [0.717, 1.165) is 11.3 Å². The van der Waals surface area contributed by atoms with Crippen molar-refractivity contribution in [2.24, 2.45) is 5.73 Å². The third-order valence-electron chi connectivity index (χ3n) is 3.38. The second-order valence-electron chi connectivity index (χ2n) is 5.28. The molecule has 1 aromatic rings. The fraction of sp³-hybridized carbons (Fsp3) is 0.500. The number of nitrogens with one attached hydrogen (secondary N) is 2. The van der Waals surface area contributed by atoms with Crippen molar-refractivity contribution in [1.82, 2.24) is 5.32 Å². The first kappa shape index (κ1) is 20.6. The fourth-order valence-corrected chi connectivity index (χ4v) is 2.59. The molecule has 8 heteroatoms. The van der Waals surface area contributed by atoms with E-state index in [1.165, 1.54) is 7.11 Å². The second-order valence-corrected chi connectivity index (χ2v) is 6.67. The molecule has 0 radical (unpaired) electrons. The van der Waals surface area contributed by atoms with E-state index >= 15 is 0 Å². The number of methoxy groups -OCH3 is 1. The van der Waals surface area contributed by atoms with Gasteiger partial charge in [0.25, 0.3) is 0 Å². The Morgan fingerprint density at radius 3 is 2.75 bits per heavy atom. The van der Waals surface area contributed by atoms with E-state index in [1.807, 2.05) is 13.2 Å². The van der Waals surface area contributed by atoms with Gasteiger partial charge in [0.2, 0.25) is 11.8 Å². The molecule has 6 nitrogen and oxygen atoms in total. The molecule has 134 valence electrons. The van der Waals surface area contributed by atoms with Crippen LogP contribution in [0, 0.1) is 6.92 Å². The topological polar surface area (TPSA) is 93.5 Å². The van der Waals surface area contributed by atoms with Crippen molar-refractivity contribution in [2.45, 2.75) is 25.8 Å². The molecule has 0 fully saturated rings. The monoisotopic (exact) mass is 373 g/mol. The van der Waals surface area contributed by atoms with Crippen LogP contribution in [0.25, 0.3) is 0 Å². The summed E-state index contributed by atoms with van der Waals surface area (Å²) in [7, 11) is 1.51. The Morgan fingerprint density at radius 2 is 2.12 bits per heavy atom. The van der Waals surface area contributed by atoms with Gasteiger partial charge in [-0.05, 0) is 37.0 Å². The predicted octanol–water partition coefficient (Wildman–Crippen LogP) is 2.18. The maximum Gasteiger partial charge on any atom is 0.236 e. The number of anilines is 1. The molecular formula is C16H24ClN3O3S. The highest BCUT2D eigenvalue weighted by molar-refractivity contribution is 7.98. The zero-order valence-corrected chi connectivity index (χ0v) is 15.7. The first-order valence-electron chi connectivity index (χ1n) is 7.55. The number of rotatable bonds is 9. The molecule has 24 heavy (non-hydrogen) atoms. The zero-order chi connectivity index (χ0) is 18.1. The smallest absolute Gasteiger partial charge is 0.236 e. The number of ether oxygens (including phenoxy) is 1. The minimum absolute atomic E-state index is 0.145. The molecule has 1 aromatic carbocycles. The first-order valence-corrected chi connectivity index (χ1v) is 9.32. The van der Waals surface area contributed by atoms with E-state index < -0.39 is 6.04 Å². The number of halogens is 1. The number of aryl methyl sites for hydroxylation is 1. The van der Waals surface area contributed by atoms with Gasteiger partial charge >= 0.3 is 0 Å². The molecule has 0 aromatic heterocycles. The van der Waals surface area contributed by atoms with Gasteiger partial charge in [-0.2, -0.15) is 11.8 Å². The van der Waals surface area contributed by atoms with Crippen LogP contribution in [0.4, 0.5) is 5.69 Å². The Labute approximate surface area is 151 Å². The predicted molar refractivity (Wildman–Crippen MR) is 100.0 cm³/mol. The zero-order valence-electron chi connectivity index (χ0n) is 14.1. The highest BCUT2D eigenvalue weighted by Crippen LogP contribution is 2.30. The third kappa shape index (κ3) is 6.59. The average molecular weight is 374 g/mol. The van der Waals surface area contributed by atoms with Gasteiger partial charge < -0.3 is 21.1 Å². The van der Waals surface area contributed by atoms with Gasteiger partial charge in [-0.15, -0.1) is 0 Å². The molecule has 4 N–H and O–H groups in total. The highest BCUT2D eigenvalue weighted by Gasteiger charge is 2.14. The number of hydrogen-bond donors (Lipinski definition) is 3. The molecule has 0 saturated carbocycles. The van der Waals surface area contributed by atoms with Gasteiger partial charge in [0.1, 0.15) is 5.75 Å². The van der Waals surface area contributed by atoms with E-state index in [4.69, 9.17) is 22.1 Å². The number of benzene rings is 1. The summed E-state index contributed by atoms with van der Waals surface area (Å²) in [5, 5.41) is 6.00. The van der Waals surface area contributed by atoms with Crippen molar-refractivity contribution in [3.05, 3.63) is 22.7 Å². The van der Waals surface area contributed by atoms with E-state index in [-0.39, 0.29) is 24.8 Å². The molecule has 0 saturated heterocycles. The van der Waals surface area contributed by atoms with Crippen LogP contribution in [0.2, 0.25) is 5.02 Å². The van der Waals surface area contributed by atoms with Crippen molar-refractivity contribution in [1.29, 1.82) is 0 Å². The Balaban J connectivity index is 2.47. The van der Waals surface area contributed by atoms with Crippen LogP contribution in [0.5, 0.6) is 5.75 Å².